The molecular weight excluding hydrogens is 164 g/mol. The van der Waals surface area contributed by atoms with Gasteiger partial charge in [-0.3, -0.25) is 0 Å². The van der Waals surface area contributed by atoms with Gasteiger partial charge in [-0.25, -0.2) is 0 Å². The van der Waals surface area contributed by atoms with Crippen LogP contribution in [0.25, 0.3) is 0 Å². The molecule has 0 fully saturated rings. The third-order valence-electron chi connectivity index (χ3n) is 1.02. The van der Waals surface area contributed by atoms with Gasteiger partial charge in [0.05, 0.1) is 0 Å². The van der Waals surface area contributed by atoms with Gasteiger partial charge < -0.3 is 0 Å². The molecule has 0 aliphatic heterocycles. The molecule has 0 unspecified atom stereocenters. The van der Waals surface area contributed by atoms with Gasteiger partial charge in [-0.15, -0.1) is 0 Å². The van der Waals surface area contributed by atoms with E-state index in [-0.39, 0.29) is 0 Å². The predicted octanol–water partition coefficient (Wildman–Crippen LogP) is 3.25. The van der Waals surface area contributed by atoms with Gasteiger partial charge in [0.2, 0.25) is 0 Å². The van der Waals surface area contributed by atoms with E-state index in [0.29, 0.717) is 0 Å². The molecule has 0 atom stereocenters. The van der Waals surface area contributed by atoms with Crippen LogP contribution >= 0.6 is 15.9 Å². The number of halogens is 1. The van der Waals surface area contributed by atoms with E-state index in [0.717, 1.165) is 16.5 Å². The Morgan fingerprint density at radius 3 is 2.38 bits per heavy atom. The van der Waals surface area contributed by atoms with Gasteiger partial charge in [-0.05, 0) is 18.9 Å². The van der Waals surface area contributed by atoms with Crippen LogP contribution in [0.15, 0.2) is 22.7 Å². The molecule has 0 amide bonds. The molecule has 0 aliphatic carbocycles. The van der Waals surface area contributed by atoms with Gasteiger partial charge in [0.1, 0.15) is 0 Å². The lowest BCUT2D eigenvalue weighted by atomic mass is 10.2. The highest BCUT2D eigenvalue weighted by molar-refractivity contribution is 9.11. The second-order valence-electron chi connectivity index (χ2n) is 1.59. The number of rotatable bonds is 2. The zero-order valence-electron chi connectivity index (χ0n) is 5.37. The molecule has 0 bridgehead atoms. The molecule has 0 radical (unpaired) electrons. The van der Waals surface area contributed by atoms with Crippen molar-refractivity contribution in [2.24, 2.45) is 0 Å². The van der Waals surface area contributed by atoms with E-state index >= 15 is 0 Å². The van der Waals surface area contributed by atoms with E-state index in [9.17, 15) is 0 Å². The molecule has 0 heterocycles. The van der Waals surface area contributed by atoms with Crippen LogP contribution in [0.2, 0.25) is 0 Å². The van der Waals surface area contributed by atoms with Gasteiger partial charge in [0.15, 0.2) is 0 Å². The van der Waals surface area contributed by atoms with Crippen LogP contribution in [-0.4, -0.2) is 0 Å². The van der Waals surface area contributed by atoms with E-state index in [4.69, 9.17) is 0 Å². The highest BCUT2D eigenvalue weighted by Crippen LogP contribution is 2.16. The number of hydrogen-bond acceptors (Lipinski definition) is 0. The average molecular weight is 175 g/mol. The van der Waals surface area contributed by atoms with E-state index < -0.39 is 0 Å². The summed E-state index contributed by atoms with van der Waals surface area (Å²) in [5, 5.41) is 0. The minimum atomic E-state index is 1.02. The van der Waals surface area contributed by atoms with Gasteiger partial charge in [0, 0.05) is 4.48 Å². The minimum Gasteiger partial charge on any atom is -0.0947 e. The first kappa shape index (κ1) is 7.96. The fourth-order valence-corrected chi connectivity index (χ4v) is 0.653. The Kier molecular flexibility index (Phi) is 3.88. The summed E-state index contributed by atoms with van der Waals surface area (Å²) in [4.78, 5) is 0. The molecule has 0 nitrogen and oxygen atoms in total. The first-order valence-electron chi connectivity index (χ1n) is 2.72. The molecule has 0 spiro atoms. The zero-order chi connectivity index (χ0) is 6.57. The summed E-state index contributed by atoms with van der Waals surface area (Å²) in [7, 11) is 0. The van der Waals surface area contributed by atoms with Crippen LogP contribution in [0.5, 0.6) is 0 Å². The van der Waals surface area contributed by atoms with Crippen LogP contribution in [0.1, 0.15) is 20.3 Å². The van der Waals surface area contributed by atoms with E-state index in [1.807, 2.05) is 13.0 Å². The van der Waals surface area contributed by atoms with Gasteiger partial charge in [-0.1, -0.05) is 35.5 Å². The molecular formula is C7H11Br. The van der Waals surface area contributed by atoms with Crippen molar-refractivity contribution in [1.82, 2.24) is 0 Å². The zero-order valence-corrected chi connectivity index (χ0v) is 6.96. The third kappa shape index (κ3) is 2.31. The van der Waals surface area contributed by atoms with Crippen molar-refractivity contribution in [3.8, 4) is 0 Å². The molecule has 0 aromatic carbocycles. The van der Waals surface area contributed by atoms with Crippen molar-refractivity contribution < 1.29 is 0 Å². The summed E-state index contributed by atoms with van der Waals surface area (Å²) in [5.41, 5.74) is 1.16. The Bertz CT molecular complexity index is 112. The van der Waals surface area contributed by atoms with Crippen LogP contribution in [-0.2, 0) is 0 Å². The summed E-state index contributed by atoms with van der Waals surface area (Å²) in [5.74, 6) is 0. The van der Waals surface area contributed by atoms with Crippen molar-refractivity contribution in [2.75, 3.05) is 0 Å². The Hall–Kier alpha value is -0.0400. The molecule has 0 saturated carbocycles. The van der Waals surface area contributed by atoms with Crippen LogP contribution in [0.4, 0.5) is 0 Å². The van der Waals surface area contributed by atoms with Crippen molar-refractivity contribution >= 4 is 15.9 Å². The molecule has 46 valence electrons. The Balaban J connectivity index is 3.83. The van der Waals surface area contributed by atoms with E-state index in [2.05, 4.69) is 29.4 Å². The van der Waals surface area contributed by atoms with E-state index in [1.54, 1.807) is 0 Å². The van der Waals surface area contributed by atoms with Crippen molar-refractivity contribution in [1.29, 1.82) is 0 Å². The Morgan fingerprint density at radius 2 is 2.25 bits per heavy atom. The maximum atomic E-state index is 3.83. The summed E-state index contributed by atoms with van der Waals surface area (Å²) >= 11 is 3.36. The largest absolute Gasteiger partial charge is 0.0947 e. The predicted molar refractivity (Wildman–Crippen MR) is 42.1 cm³/mol. The fraction of sp³-hybridized carbons (Fsp3) is 0.429. The van der Waals surface area contributed by atoms with Crippen molar-refractivity contribution in [2.45, 2.75) is 20.3 Å². The van der Waals surface area contributed by atoms with Gasteiger partial charge >= 0.3 is 0 Å². The maximum Gasteiger partial charge on any atom is 0.0158 e. The Labute approximate surface area is 59.4 Å². The van der Waals surface area contributed by atoms with Crippen molar-refractivity contribution in [3.05, 3.63) is 22.7 Å². The summed E-state index contributed by atoms with van der Waals surface area (Å²) < 4.78 is 1.13. The molecule has 0 N–H and O–H groups in total. The van der Waals surface area contributed by atoms with Crippen LogP contribution in [0, 0.1) is 0 Å². The molecule has 1 heteroatoms. The monoisotopic (exact) mass is 174 g/mol. The van der Waals surface area contributed by atoms with Crippen molar-refractivity contribution in [3.63, 3.8) is 0 Å². The maximum absolute atomic E-state index is 3.83. The topological polar surface area (TPSA) is 0 Å². The summed E-state index contributed by atoms with van der Waals surface area (Å²) in [6.07, 6.45) is 3.02. The highest BCUT2D eigenvalue weighted by atomic mass is 79.9. The fourth-order valence-electron chi connectivity index (χ4n) is 0.373. The lowest BCUT2D eigenvalue weighted by Gasteiger charge is -1.95. The SMILES string of the molecule is C=C(CC)/C(Br)=C\C. The first-order chi connectivity index (χ1) is 3.72. The Morgan fingerprint density at radius 1 is 1.75 bits per heavy atom. The molecule has 0 saturated heterocycles. The minimum absolute atomic E-state index is 1.02. The highest BCUT2D eigenvalue weighted by Gasteiger charge is 1.90. The van der Waals surface area contributed by atoms with Crippen LogP contribution in [0.3, 0.4) is 0 Å². The average Bonchev–Trinajstić information content (AvgIpc) is 1.84. The normalized spacial score (nSPS) is 11.6. The lowest BCUT2D eigenvalue weighted by molar-refractivity contribution is 1.15. The third-order valence-corrected chi connectivity index (χ3v) is 2.04. The summed E-state index contributed by atoms with van der Waals surface area (Å²) in [6, 6.07) is 0. The second kappa shape index (κ2) is 3.90. The van der Waals surface area contributed by atoms with Gasteiger partial charge in [-0.2, -0.15) is 0 Å². The molecule has 0 rings (SSSR count). The molecule has 0 aromatic rings. The number of allylic oxidation sites excluding steroid dienone is 3. The lowest BCUT2D eigenvalue weighted by Crippen LogP contribution is -1.73. The number of hydrogen-bond donors (Lipinski definition) is 0. The molecule has 8 heavy (non-hydrogen) atoms. The van der Waals surface area contributed by atoms with Crippen LogP contribution < -0.4 is 0 Å². The molecule has 0 aromatic heterocycles. The second-order valence-corrected chi connectivity index (χ2v) is 2.45. The smallest absolute Gasteiger partial charge is 0.0158 e. The standard InChI is InChI=1S/C7H11Br/c1-4-6(3)7(8)5-2/h5H,3-4H2,1-2H3/b7-5+. The quantitative estimate of drug-likeness (QED) is 0.565. The van der Waals surface area contributed by atoms with Gasteiger partial charge in [0.25, 0.3) is 0 Å². The molecule has 0 aliphatic rings. The first-order valence-corrected chi connectivity index (χ1v) is 3.51. The van der Waals surface area contributed by atoms with E-state index in [1.165, 1.54) is 0 Å². The summed E-state index contributed by atoms with van der Waals surface area (Å²) in [6.45, 7) is 7.91.